The third kappa shape index (κ3) is 3.02. The molecule has 1 aliphatic heterocycles. The van der Waals surface area contributed by atoms with Gasteiger partial charge in [0.1, 0.15) is 17.2 Å². The molecule has 0 amide bonds. The number of hydrogen-bond donors (Lipinski definition) is 0. The quantitative estimate of drug-likeness (QED) is 0.790. The third-order valence-corrected chi connectivity index (χ3v) is 2.99. The molecule has 5 heteroatoms. The van der Waals surface area contributed by atoms with Gasteiger partial charge in [-0.05, 0) is 30.3 Å². The first kappa shape index (κ1) is 13.5. The standard InChI is InChI=1S/C16H11F3O2/c17-16(18,19)15-9-7-11-6-8-13(10-14(11)21-15)20-12-4-2-1-3-5-12/h1-10,15H. The highest BCUT2D eigenvalue weighted by Crippen LogP contribution is 2.36. The lowest BCUT2D eigenvalue weighted by Crippen LogP contribution is -2.33. The number of alkyl halides is 3. The van der Waals surface area contributed by atoms with Crippen molar-refractivity contribution in [3.8, 4) is 17.2 Å². The van der Waals surface area contributed by atoms with Crippen LogP contribution in [-0.2, 0) is 0 Å². The van der Waals surface area contributed by atoms with Crippen LogP contribution in [0.4, 0.5) is 13.2 Å². The summed E-state index contributed by atoms with van der Waals surface area (Å²) in [7, 11) is 0. The van der Waals surface area contributed by atoms with Crippen LogP contribution in [-0.4, -0.2) is 12.3 Å². The highest BCUT2D eigenvalue weighted by Gasteiger charge is 2.41. The molecule has 0 radical (unpaired) electrons. The van der Waals surface area contributed by atoms with E-state index >= 15 is 0 Å². The molecule has 0 fully saturated rings. The molecule has 0 N–H and O–H groups in total. The SMILES string of the molecule is FC(F)(F)C1C=Cc2ccc(Oc3ccccc3)cc2O1. The summed E-state index contributed by atoms with van der Waals surface area (Å²) >= 11 is 0. The molecule has 0 saturated heterocycles. The third-order valence-electron chi connectivity index (χ3n) is 2.99. The van der Waals surface area contributed by atoms with Crippen molar-refractivity contribution < 1.29 is 22.6 Å². The summed E-state index contributed by atoms with van der Waals surface area (Å²) in [5.74, 6) is 1.20. The van der Waals surface area contributed by atoms with E-state index in [1.807, 2.05) is 18.2 Å². The average Bonchev–Trinajstić information content (AvgIpc) is 2.46. The number of benzene rings is 2. The molecule has 1 aliphatic rings. The molecule has 0 aliphatic carbocycles. The maximum absolute atomic E-state index is 12.7. The molecule has 0 bridgehead atoms. The molecule has 1 atom stereocenters. The van der Waals surface area contributed by atoms with E-state index in [9.17, 15) is 13.2 Å². The van der Waals surface area contributed by atoms with E-state index in [0.717, 1.165) is 6.08 Å². The molecule has 0 spiro atoms. The number of ether oxygens (including phenoxy) is 2. The van der Waals surface area contributed by atoms with Gasteiger partial charge in [-0.25, -0.2) is 0 Å². The molecular weight excluding hydrogens is 281 g/mol. The van der Waals surface area contributed by atoms with Gasteiger partial charge in [-0.3, -0.25) is 0 Å². The molecule has 1 heterocycles. The highest BCUT2D eigenvalue weighted by atomic mass is 19.4. The van der Waals surface area contributed by atoms with E-state index < -0.39 is 12.3 Å². The summed E-state index contributed by atoms with van der Waals surface area (Å²) in [6.07, 6.45) is -3.94. The van der Waals surface area contributed by atoms with Crippen LogP contribution in [0.2, 0.25) is 0 Å². The number of fused-ring (bicyclic) bond motifs is 1. The summed E-state index contributed by atoms with van der Waals surface area (Å²) in [4.78, 5) is 0. The van der Waals surface area contributed by atoms with E-state index in [2.05, 4.69) is 0 Å². The Hall–Kier alpha value is -2.43. The van der Waals surface area contributed by atoms with Gasteiger partial charge in [-0.2, -0.15) is 13.2 Å². The maximum atomic E-state index is 12.7. The molecule has 1 unspecified atom stereocenters. The van der Waals surface area contributed by atoms with Crippen molar-refractivity contribution in [3.05, 3.63) is 60.2 Å². The predicted molar refractivity (Wildman–Crippen MR) is 72.5 cm³/mol. The van der Waals surface area contributed by atoms with Crippen molar-refractivity contribution in [3.63, 3.8) is 0 Å². The number of rotatable bonds is 2. The Kier molecular flexibility index (Phi) is 3.33. The summed E-state index contributed by atoms with van der Waals surface area (Å²) in [6.45, 7) is 0. The minimum atomic E-state index is -4.43. The molecule has 2 aromatic carbocycles. The van der Waals surface area contributed by atoms with E-state index in [1.165, 1.54) is 12.1 Å². The van der Waals surface area contributed by atoms with Gasteiger partial charge in [0.05, 0.1) is 0 Å². The first-order valence-corrected chi connectivity index (χ1v) is 6.31. The minimum Gasteiger partial charge on any atom is -0.476 e. The van der Waals surface area contributed by atoms with Crippen molar-refractivity contribution in [1.29, 1.82) is 0 Å². The van der Waals surface area contributed by atoms with Crippen molar-refractivity contribution in [2.24, 2.45) is 0 Å². The normalized spacial score (nSPS) is 17.0. The Balaban J connectivity index is 1.84. The number of hydrogen-bond acceptors (Lipinski definition) is 2. The Morgan fingerprint density at radius 1 is 0.952 bits per heavy atom. The van der Waals surface area contributed by atoms with Crippen molar-refractivity contribution in [1.82, 2.24) is 0 Å². The van der Waals surface area contributed by atoms with Crippen LogP contribution in [0.15, 0.2) is 54.6 Å². The average molecular weight is 292 g/mol. The first-order chi connectivity index (χ1) is 10.0. The largest absolute Gasteiger partial charge is 0.476 e. The zero-order valence-corrected chi connectivity index (χ0v) is 10.8. The van der Waals surface area contributed by atoms with Crippen LogP contribution in [0.1, 0.15) is 5.56 Å². The van der Waals surface area contributed by atoms with Crippen LogP contribution in [0.25, 0.3) is 6.08 Å². The topological polar surface area (TPSA) is 18.5 Å². The van der Waals surface area contributed by atoms with Gasteiger partial charge in [0, 0.05) is 11.6 Å². The monoisotopic (exact) mass is 292 g/mol. The lowest BCUT2D eigenvalue weighted by atomic mass is 10.1. The van der Waals surface area contributed by atoms with Gasteiger partial charge in [0.25, 0.3) is 0 Å². The molecule has 21 heavy (non-hydrogen) atoms. The van der Waals surface area contributed by atoms with Crippen molar-refractivity contribution in [2.45, 2.75) is 12.3 Å². The summed E-state index contributed by atoms with van der Waals surface area (Å²) in [5, 5.41) is 0. The highest BCUT2D eigenvalue weighted by molar-refractivity contribution is 5.62. The second-order valence-electron chi connectivity index (χ2n) is 4.55. The van der Waals surface area contributed by atoms with E-state index in [-0.39, 0.29) is 5.75 Å². The van der Waals surface area contributed by atoms with Crippen LogP contribution >= 0.6 is 0 Å². The summed E-state index contributed by atoms with van der Waals surface area (Å²) in [5.41, 5.74) is 0.593. The zero-order chi connectivity index (χ0) is 14.9. The maximum Gasteiger partial charge on any atom is 0.429 e. The van der Waals surface area contributed by atoms with Crippen molar-refractivity contribution >= 4 is 6.08 Å². The molecule has 108 valence electrons. The first-order valence-electron chi connectivity index (χ1n) is 6.31. The molecule has 2 nitrogen and oxygen atoms in total. The minimum absolute atomic E-state index is 0.160. The summed E-state index contributed by atoms with van der Waals surface area (Å²) in [6, 6.07) is 13.8. The fourth-order valence-electron chi connectivity index (χ4n) is 1.99. The fourth-order valence-corrected chi connectivity index (χ4v) is 1.99. The summed E-state index contributed by atoms with van der Waals surface area (Å²) < 4.78 is 48.6. The second-order valence-corrected chi connectivity index (χ2v) is 4.55. The molecule has 3 rings (SSSR count). The lowest BCUT2D eigenvalue weighted by molar-refractivity contribution is -0.180. The van der Waals surface area contributed by atoms with Gasteiger partial charge in [0.2, 0.25) is 6.10 Å². The van der Waals surface area contributed by atoms with Gasteiger partial charge >= 0.3 is 6.18 Å². The van der Waals surface area contributed by atoms with E-state index in [4.69, 9.17) is 9.47 Å². The van der Waals surface area contributed by atoms with Crippen LogP contribution < -0.4 is 9.47 Å². The van der Waals surface area contributed by atoms with Gasteiger partial charge in [-0.1, -0.05) is 24.3 Å². The zero-order valence-electron chi connectivity index (χ0n) is 10.8. The van der Waals surface area contributed by atoms with Gasteiger partial charge < -0.3 is 9.47 Å². The smallest absolute Gasteiger partial charge is 0.429 e. The predicted octanol–water partition coefficient (Wildman–Crippen LogP) is 4.82. The fraction of sp³-hybridized carbons (Fsp3) is 0.125. The van der Waals surface area contributed by atoms with E-state index in [1.54, 1.807) is 24.3 Å². The van der Waals surface area contributed by atoms with Gasteiger partial charge in [-0.15, -0.1) is 0 Å². The van der Waals surface area contributed by atoms with Gasteiger partial charge in [0.15, 0.2) is 0 Å². The molecule has 2 aromatic rings. The Morgan fingerprint density at radius 3 is 2.43 bits per heavy atom. The molecule has 0 aromatic heterocycles. The second kappa shape index (κ2) is 5.16. The Bertz CT molecular complexity index is 663. The van der Waals surface area contributed by atoms with Crippen molar-refractivity contribution in [2.75, 3.05) is 0 Å². The van der Waals surface area contributed by atoms with Crippen LogP contribution in [0.3, 0.4) is 0 Å². The number of para-hydroxylation sites is 1. The Morgan fingerprint density at radius 2 is 1.71 bits per heavy atom. The number of halogens is 3. The van der Waals surface area contributed by atoms with Crippen LogP contribution in [0.5, 0.6) is 17.2 Å². The van der Waals surface area contributed by atoms with Crippen LogP contribution in [0, 0.1) is 0 Å². The lowest BCUT2D eigenvalue weighted by Gasteiger charge is -2.23. The Labute approximate surface area is 119 Å². The van der Waals surface area contributed by atoms with E-state index in [0.29, 0.717) is 17.1 Å². The molecule has 0 saturated carbocycles. The molecular formula is C16H11F3O2.